The summed E-state index contributed by atoms with van der Waals surface area (Å²) in [6.07, 6.45) is 1.04. The zero-order chi connectivity index (χ0) is 12.4. The lowest BCUT2D eigenvalue weighted by Gasteiger charge is -2.59. The molecule has 0 heterocycles. The van der Waals surface area contributed by atoms with Crippen LogP contribution in [0, 0.1) is 5.41 Å². The van der Waals surface area contributed by atoms with E-state index < -0.39 is 10.8 Å². The Labute approximate surface area is 102 Å². The summed E-state index contributed by atoms with van der Waals surface area (Å²) in [5.41, 5.74) is 0.129. The molecule has 1 rings (SSSR count). The van der Waals surface area contributed by atoms with E-state index in [1.165, 1.54) is 0 Å². The van der Waals surface area contributed by atoms with Crippen LogP contribution in [0.5, 0.6) is 0 Å². The molecule has 0 bridgehead atoms. The third-order valence-corrected chi connectivity index (χ3v) is 5.62. The fourth-order valence-corrected chi connectivity index (χ4v) is 2.94. The molecule has 96 valence electrons. The van der Waals surface area contributed by atoms with Crippen molar-refractivity contribution in [3.63, 3.8) is 0 Å². The Morgan fingerprint density at radius 3 is 2.50 bits per heavy atom. The SMILES string of the molecule is CCS(=O)CCNC1CC(C)(OC)C1(C)C. The normalized spacial score (nSPS) is 34.4. The minimum Gasteiger partial charge on any atom is -0.378 e. The van der Waals surface area contributed by atoms with Crippen LogP contribution in [0.3, 0.4) is 0 Å². The van der Waals surface area contributed by atoms with Gasteiger partial charge in [-0.3, -0.25) is 4.21 Å². The first-order chi connectivity index (χ1) is 7.37. The topological polar surface area (TPSA) is 38.3 Å². The van der Waals surface area contributed by atoms with Gasteiger partial charge in [-0.1, -0.05) is 20.8 Å². The number of hydrogen-bond acceptors (Lipinski definition) is 3. The van der Waals surface area contributed by atoms with Crippen molar-refractivity contribution in [3.8, 4) is 0 Å². The van der Waals surface area contributed by atoms with Gasteiger partial charge in [0.2, 0.25) is 0 Å². The molecule has 0 radical (unpaired) electrons. The molecule has 1 saturated carbocycles. The van der Waals surface area contributed by atoms with Crippen LogP contribution >= 0.6 is 0 Å². The maximum absolute atomic E-state index is 11.3. The molecule has 1 aliphatic rings. The largest absolute Gasteiger partial charge is 0.378 e. The molecule has 0 aromatic rings. The fourth-order valence-electron chi connectivity index (χ4n) is 2.31. The molecule has 0 spiro atoms. The first kappa shape index (κ1) is 14.1. The van der Waals surface area contributed by atoms with Gasteiger partial charge in [0.1, 0.15) is 0 Å². The second-order valence-corrected chi connectivity index (χ2v) is 7.17. The highest BCUT2D eigenvalue weighted by Gasteiger charge is 2.57. The Bertz CT molecular complexity index is 268. The van der Waals surface area contributed by atoms with Crippen molar-refractivity contribution in [2.45, 2.75) is 45.8 Å². The van der Waals surface area contributed by atoms with Gasteiger partial charge >= 0.3 is 0 Å². The van der Waals surface area contributed by atoms with Crippen LogP contribution in [-0.2, 0) is 15.5 Å². The highest BCUT2D eigenvalue weighted by Crippen LogP contribution is 2.51. The molecular weight excluding hydrogens is 222 g/mol. The summed E-state index contributed by atoms with van der Waals surface area (Å²) in [6, 6.07) is 0.478. The maximum atomic E-state index is 11.3. The summed E-state index contributed by atoms with van der Waals surface area (Å²) >= 11 is 0. The average molecular weight is 247 g/mol. The van der Waals surface area contributed by atoms with Gasteiger partial charge in [-0.25, -0.2) is 0 Å². The van der Waals surface area contributed by atoms with E-state index in [-0.39, 0.29) is 11.0 Å². The van der Waals surface area contributed by atoms with Crippen molar-refractivity contribution < 1.29 is 8.95 Å². The first-order valence-corrected chi connectivity index (χ1v) is 7.49. The molecule has 3 atom stereocenters. The van der Waals surface area contributed by atoms with Gasteiger partial charge in [-0.2, -0.15) is 0 Å². The van der Waals surface area contributed by atoms with Gasteiger partial charge in [0, 0.05) is 47.4 Å². The van der Waals surface area contributed by atoms with E-state index in [4.69, 9.17) is 4.74 Å². The Hall–Kier alpha value is 0.0700. The molecule has 0 aliphatic heterocycles. The van der Waals surface area contributed by atoms with Crippen LogP contribution in [0.4, 0.5) is 0 Å². The second kappa shape index (κ2) is 5.15. The van der Waals surface area contributed by atoms with Gasteiger partial charge in [-0.15, -0.1) is 0 Å². The molecule has 1 fully saturated rings. The van der Waals surface area contributed by atoms with Crippen molar-refractivity contribution >= 4 is 10.8 Å². The average Bonchev–Trinajstić information content (AvgIpc) is 2.27. The zero-order valence-corrected chi connectivity index (χ0v) is 11.9. The summed E-state index contributed by atoms with van der Waals surface area (Å²) in [4.78, 5) is 0. The summed E-state index contributed by atoms with van der Waals surface area (Å²) < 4.78 is 16.9. The van der Waals surface area contributed by atoms with Crippen LogP contribution in [0.15, 0.2) is 0 Å². The number of ether oxygens (including phenoxy) is 1. The highest BCUT2D eigenvalue weighted by atomic mass is 32.2. The van der Waals surface area contributed by atoms with E-state index >= 15 is 0 Å². The summed E-state index contributed by atoms with van der Waals surface area (Å²) in [5, 5.41) is 3.49. The predicted molar refractivity (Wildman–Crippen MR) is 69.2 cm³/mol. The summed E-state index contributed by atoms with van der Waals surface area (Å²) in [6.45, 7) is 9.43. The van der Waals surface area contributed by atoms with Crippen molar-refractivity contribution in [2.75, 3.05) is 25.2 Å². The summed E-state index contributed by atoms with van der Waals surface area (Å²) in [7, 11) is 1.12. The molecule has 0 aromatic carbocycles. The van der Waals surface area contributed by atoms with Crippen LogP contribution in [0.1, 0.15) is 34.1 Å². The van der Waals surface area contributed by atoms with Crippen molar-refractivity contribution in [1.29, 1.82) is 0 Å². The fraction of sp³-hybridized carbons (Fsp3) is 1.00. The molecule has 0 amide bonds. The lowest BCUT2D eigenvalue weighted by Crippen LogP contribution is -2.68. The highest BCUT2D eigenvalue weighted by molar-refractivity contribution is 7.84. The molecule has 3 nitrogen and oxygen atoms in total. The number of methoxy groups -OCH3 is 1. The molecule has 0 saturated heterocycles. The van der Waals surface area contributed by atoms with Gasteiger partial charge in [-0.05, 0) is 13.3 Å². The van der Waals surface area contributed by atoms with Gasteiger partial charge in [0.25, 0.3) is 0 Å². The van der Waals surface area contributed by atoms with E-state index in [2.05, 4.69) is 26.1 Å². The Balaban J connectivity index is 2.34. The zero-order valence-electron chi connectivity index (χ0n) is 11.1. The van der Waals surface area contributed by atoms with E-state index in [9.17, 15) is 4.21 Å². The summed E-state index contributed by atoms with van der Waals surface area (Å²) in [5.74, 6) is 1.51. The third-order valence-electron chi connectivity index (χ3n) is 4.32. The number of rotatable bonds is 6. The van der Waals surface area contributed by atoms with Crippen molar-refractivity contribution in [1.82, 2.24) is 5.32 Å². The minimum absolute atomic E-state index is 0.0193. The third kappa shape index (κ3) is 2.49. The molecule has 0 aromatic heterocycles. The van der Waals surface area contributed by atoms with E-state index in [1.807, 2.05) is 6.92 Å². The van der Waals surface area contributed by atoms with Gasteiger partial charge in [0.05, 0.1) is 5.60 Å². The Morgan fingerprint density at radius 2 is 2.06 bits per heavy atom. The second-order valence-electron chi connectivity index (χ2n) is 5.30. The van der Waals surface area contributed by atoms with Crippen LogP contribution in [0.25, 0.3) is 0 Å². The van der Waals surface area contributed by atoms with Crippen LogP contribution in [0.2, 0.25) is 0 Å². The molecule has 4 heteroatoms. The Morgan fingerprint density at radius 1 is 1.44 bits per heavy atom. The van der Waals surface area contributed by atoms with E-state index in [1.54, 1.807) is 7.11 Å². The standard InChI is InChI=1S/C12H25NO2S/c1-6-16(14)8-7-13-10-9-12(4,15-5)11(10,2)3/h10,13H,6-9H2,1-5H3. The number of hydrogen-bond donors (Lipinski definition) is 1. The minimum atomic E-state index is -0.661. The predicted octanol–water partition coefficient (Wildman–Crippen LogP) is 1.55. The van der Waals surface area contributed by atoms with Crippen LogP contribution < -0.4 is 5.32 Å². The lowest BCUT2D eigenvalue weighted by molar-refractivity contribution is -0.180. The quantitative estimate of drug-likeness (QED) is 0.774. The molecule has 3 unspecified atom stereocenters. The first-order valence-electron chi connectivity index (χ1n) is 6.01. The van der Waals surface area contributed by atoms with Gasteiger partial charge < -0.3 is 10.1 Å². The lowest BCUT2D eigenvalue weighted by atomic mass is 9.56. The van der Waals surface area contributed by atoms with Crippen molar-refractivity contribution in [3.05, 3.63) is 0 Å². The smallest absolute Gasteiger partial charge is 0.0731 e. The van der Waals surface area contributed by atoms with E-state index in [0.717, 1.165) is 24.5 Å². The van der Waals surface area contributed by atoms with Gasteiger partial charge in [0.15, 0.2) is 0 Å². The van der Waals surface area contributed by atoms with E-state index in [0.29, 0.717) is 6.04 Å². The molecule has 1 aliphatic carbocycles. The van der Waals surface area contributed by atoms with Crippen LogP contribution in [-0.4, -0.2) is 41.0 Å². The Kier molecular flexibility index (Phi) is 4.55. The molecule has 1 N–H and O–H groups in total. The molecular formula is C12H25NO2S. The van der Waals surface area contributed by atoms with Crippen molar-refractivity contribution in [2.24, 2.45) is 5.41 Å². The number of nitrogens with one attached hydrogen (secondary N) is 1. The monoisotopic (exact) mass is 247 g/mol. The maximum Gasteiger partial charge on any atom is 0.0731 e. The molecule has 16 heavy (non-hydrogen) atoms.